The third-order valence-electron chi connectivity index (χ3n) is 4.62. The highest BCUT2D eigenvalue weighted by molar-refractivity contribution is 4.77. The number of hydrogen-bond donors (Lipinski definition) is 1. The predicted molar refractivity (Wildman–Crippen MR) is 67.4 cm³/mol. The molecule has 0 aromatic carbocycles. The molecular weight excluding hydrogens is 198 g/mol. The standard InChI is InChI=1S/C14H27NO/c1-12-2-4-13(5-3-12)10-15-8-6-14(11-16)7-9-15/h12-14,16H,2-11H2,1H3. The van der Waals surface area contributed by atoms with E-state index in [1.807, 2.05) is 0 Å². The molecule has 94 valence electrons. The Morgan fingerprint density at radius 3 is 2.12 bits per heavy atom. The Morgan fingerprint density at radius 2 is 1.56 bits per heavy atom. The molecule has 0 unspecified atom stereocenters. The Bertz CT molecular complexity index is 191. The molecule has 0 bridgehead atoms. The highest BCUT2D eigenvalue weighted by Gasteiger charge is 2.23. The highest BCUT2D eigenvalue weighted by Crippen LogP contribution is 2.29. The average molecular weight is 225 g/mol. The van der Waals surface area contributed by atoms with Crippen LogP contribution in [0.3, 0.4) is 0 Å². The van der Waals surface area contributed by atoms with Crippen LogP contribution < -0.4 is 0 Å². The van der Waals surface area contributed by atoms with E-state index in [0.717, 1.165) is 11.8 Å². The average Bonchev–Trinajstić information content (AvgIpc) is 2.33. The van der Waals surface area contributed by atoms with Crippen molar-refractivity contribution >= 4 is 0 Å². The molecule has 1 heterocycles. The zero-order valence-electron chi connectivity index (χ0n) is 10.7. The van der Waals surface area contributed by atoms with Gasteiger partial charge in [0, 0.05) is 13.2 Å². The molecule has 1 saturated carbocycles. The molecule has 0 atom stereocenters. The number of nitrogens with zero attached hydrogens (tertiary/aromatic N) is 1. The molecule has 0 spiro atoms. The minimum absolute atomic E-state index is 0.398. The molecule has 16 heavy (non-hydrogen) atoms. The third-order valence-corrected chi connectivity index (χ3v) is 4.62. The first-order chi connectivity index (χ1) is 7.78. The van der Waals surface area contributed by atoms with Crippen molar-refractivity contribution in [3.63, 3.8) is 0 Å². The molecule has 0 aromatic rings. The van der Waals surface area contributed by atoms with Crippen LogP contribution in [0.25, 0.3) is 0 Å². The summed E-state index contributed by atoms with van der Waals surface area (Å²) in [7, 11) is 0. The fourth-order valence-corrected chi connectivity index (χ4v) is 3.23. The Kier molecular flexibility index (Phi) is 4.66. The van der Waals surface area contributed by atoms with Gasteiger partial charge in [-0.15, -0.1) is 0 Å². The van der Waals surface area contributed by atoms with E-state index in [1.54, 1.807) is 0 Å². The van der Waals surface area contributed by atoms with Gasteiger partial charge in [-0.1, -0.05) is 19.8 Å². The topological polar surface area (TPSA) is 23.5 Å². The summed E-state index contributed by atoms with van der Waals surface area (Å²) in [6.45, 7) is 6.55. The fourth-order valence-electron chi connectivity index (χ4n) is 3.23. The van der Waals surface area contributed by atoms with E-state index in [9.17, 15) is 0 Å². The van der Waals surface area contributed by atoms with Crippen molar-refractivity contribution in [3.8, 4) is 0 Å². The van der Waals surface area contributed by atoms with E-state index in [0.29, 0.717) is 12.5 Å². The van der Waals surface area contributed by atoms with Crippen LogP contribution in [0.2, 0.25) is 0 Å². The van der Waals surface area contributed by atoms with Crippen molar-refractivity contribution in [2.45, 2.75) is 45.4 Å². The predicted octanol–water partition coefficient (Wildman–Crippen LogP) is 2.52. The van der Waals surface area contributed by atoms with Gasteiger partial charge in [0.1, 0.15) is 0 Å². The molecule has 2 fully saturated rings. The van der Waals surface area contributed by atoms with Crippen molar-refractivity contribution in [2.75, 3.05) is 26.2 Å². The molecule has 2 aliphatic rings. The summed E-state index contributed by atoms with van der Waals surface area (Å²) in [6.07, 6.45) is 8.19. The van der Waals surface area contributed by atoms with Crippen molar-refractivity contribution in [2.24, 2.45) is 17.8 Å². The van der Waals surface area contributed by atoms with Gasteiger partial charge >= 0.3 is 0 Å². The number of likely N-dealkylation sites (tertiary alicyclic amines) is 1. The fraction of sp³-hybridized carbons (Fsp3) is 1.00. The van der Waals surface area contributed by atoms with Crippen LogP contribution in [-0.2, 0) is 0 Å². The van der Waals surface area contributed by atoms with E-state index in [4.69, 9.17) is 5.11 Å². The lowest BCUT2D eigenvalue weighted by atomic mass is 9.82. The lowest BCUT2D eigenvalue weighted by molar-refractivity contribution is 0.108. The van der Waals surface area contributed by atoms with Gasteiger partial charge in [-0.3, -0.25) is 0 Å². The summed E-state index contributed by atoms with van der Waals surface area (Å²) < 4.78 is 0. The lowest BCUT2D eigenvalue weighted by Gasteiger charge is -2.35. The normalized spacial score (nSPS) is 34.1. The van der Waals surface area contributed by atoms with Crippen molar-refractivity contribution in [1.29, 1.82) is 0 Å². The SMILES string of the molecule is CC1CCC(CN2CCC(CO)CC2)CC1. The van der Waals surface area contributed by atoms with Crippen LogP contribution in [0.5, 0.6) is 0 Å². The minimum Gasteiger partial charge on any atom is -0.396 e. The first-order valence-corrected chi connectivity index (χ1v) is 7.11. The maximum absolute atomic E-state index is 9.11. The summed E-state index contributed by atoms with van der Waals surface area (Å²) >= 11 is 0. The Morgan fingerprint density at radius 1 is 0.938 bits per heavy atom. The van der Waals surface area contributed by atoms with Crippen molar-refractivity contribution in [1.82, 2.24) is 4.90 Å². The number of aliphatic hydroxyl groups excluding tert-OH is 1. The summed E-state index contributed by atoms with van der Waals surface area (Å²) in [5, 5.41) is 9.11. The molecule has 2 nitrogen and oxygen atoms in total. The maximum atomic E-state index is 9.11. The summed E-state index contributed by atoms with van der Waals surface area (Å²) in [6, 6.07) is 0. The monoisotopic (exact) mass is 225 g/mol. The summed E-state index contributed by atoms with van der Waals surface area (Å²) in [5.74, 6) is 2.51. The van der Waals surface area contributed by atoms with Crippen molar-refractivity contribution in [3.05, 3.63) is 0 Å². The van der Waals surface area contributed by atoms with E-state index in [2.05, 4.69) is 11.8 Å². The Hall–Kier alpha value is -0.0800. The van der Waals surface area contributed by atoms with Crippen LogP contribution in [0.15, 0.2) is 0 Å². The van der Waals surface area contributed by atoms with Gasteiger partial charge in [0.05, 0.1) is 0 Å². The molecule has 0 amide bonds. The molecule has 1 aliphatic heterocycles. The first-order valence-electron chi connectivity index (χ1n) is 7.11. The number of aliphatic hydroxyl groups is 1. The van der Waals surface area contributed by atoms with Crippen LogP contribution >= 0.6 is 0 Å². The smallest absolute Gasteiger partial charge is 0.0460 e. The van der Waals surface area contributed by atoms with Crippen LogP contribution in [0.1, 0.15) is 45.4 Å². The molecule has 0 aromatic heterocycles. The molecule has 2 heteroatoms. The number of hydrogen-bond acceptors (Lipinski definition) is 2. The van der Waals surface area contributed by atoms with E-state index >= 15 is 0 Å². The minimum atomic E-state index is 0.398. The Labute approximate surface area is 100 Å². The first kappa shape index (κ1) is 12.4. The second-order valence-corrected chi connectivity index (χ2v) is 6.05. The maximum Gasteiger partial charge on any atom is 0.0460 e. The quantitative estimate of drug-likeness (QED) is 0.798. The second-order valence-electron chi connectivity index (χ2n) is 6.05. The zero-order chi connectivity index (χ0) is 11.4. The van der Waals surface area contributed by atoms with Crippen LogP contribution in [-0.4, -0.2) is 36.2 Å². The van der Waals surface area contributed by atoms with E-state index in [1.165, 1.54) is 58.2 Å². The second kappa shape index (κ2) is 6.02. The van der Waals surface area contributed by atoms with Gasteiger partial charge in [0.25, 0.3) is 0 Å². The van der Waals surface area contributed by atoms with Gasteiger partial charge < -0.3 is 10.0 Å². The summed E-state index contributed by atoms with van der Waals surface area (Å²) in [5.41, 5.74) is 0. The third kappa shape index (κ3) is 3.46. The van der Waals surface area contributed by atoms with Crippen LogP contribution in [0, 0.1) is 17.8 Å². The van der Waals surface area contributed by atoms with Crippen molar-refractivity contribution < 1.29 is 5.11 Å². The molecule has 1 aliphatic carbocycles. The molecule has 0 radical (unpaired) electrons. The molecule has 1 N–H and O–H groups in total. The lowest BCUT2D eigenvalue weighted by Crippen LogP contribution is -2.38. The van der Waals surface area contributed by atoms with E-state index < -0.39 is 0 Å². The van der Waals surface area contributed by atoms with Gasteiger partial charge in [0.15, 0.2) is 0 Å². The van der Waals surface area contributed by atoms with Gasteiger partial charge in [0.2, 0.25) is 0 Å². The van der Waals surface area contributed by atoms with Crippen LogP contribution in [0.4, 0.5) is 0 Å². The van der Waals surface area contributed by atoms with E-state index in [-0.39, 0.29) is 0 Å². The largest absolute Gasteiger partial charge is 0.396 e. The molecule has 1 saturated heterocycles. The highest BCUT2D eigenvalue weighted by atomic mass is 16.3. The zero-order valence-corrected chi connectivity index (χ0v) is 10.7. The summed E-state index contributed by atoms with van der Waals surface area (Å²) in [4.78, 5) is 2.63. The van der Waals surface area contributed by atoms with Gasteiger partial charge in [-0.25, -0.2) is 0 Å². The molecule has 2 rings (SSSR count). The number of rotatable bonds is 3. The Balaban J connectivity index is 1.66. The molecular formula is C14H27NO. The van der Waals surface area contributed by atoms with Gasteiger partial charge in [-0.05, 0) is 56.5 Å². The number of piperidine rings is 1. The van der Waals surface area contributed by atoms with Gasteiger partial charge in [-0.2, -0.15) is 0 Å².